The summed E-state index contributed by atoms with van der Waals surface area (Å²) in [5.74, 6) is -0.100. The summed E-state index contributed by atoms with van der Waals surface area (Å²) in [6, 6.07) is -0.138. The smallest absolute Gasteiger partial charge is 0.323 e. The molecule has 0 aromatic heterocycles. The summed E-state index contributed by atoms with van der Waals surface area (Å²) in [6.45, 7) is 11.5. The first kappa shape index (κ1) is 14.8. The van der Waals surface area contributed by atoms with E-state index in [-0.39, 0.29) is 12.0 Å². The molecule has 0 amide bonds. The molecule has 0 aliphatic carbocycles. The molecule has 4 heteroatoms. The average molecular weight is 269 g/mol. The zero-order valence-electron chi connectivity index (χ0n) is 12.7. The number of carbonyl (C=O) groups is 1. The minimum absolute atomic E-state index is 0.100. The van der Waals surface area contributed by atoms with Gasteiger partial charge in [0, 0.05) is 19.8 Å². The Morgan fingerprint density at radius 1 is 1.26 bits per heavy atom. The van der Waals surface area contributed by atoms with E-state index in [2.05, 4.69) is 4.90 Å². The first-order chi connectivity index (χ1) is 8.81. The summed E-state index contributed by atoms with van der Waals surface area (Å²) in [7, 11) is 0. The number of hydrogen-bond donors (Lipinski definition) is 0. The zero-order valence-corrected chi connectivity index (χ0v) is 12.7. The van der Waals surface area contributed by atoms with Gasteiger partial charge in [-0.2, -0.15) is 0 Å². The molecule has 2 rings (SSSR count). The normalized spacial score (nSPS) is 25.5. The number of rotatable bonds is 2. The van der Waals surface area contributed by atoms with Crippen molar-refractivity contribution in [2.75, 3.05) is 26.3 Å². The van der Waals surface area contributed by atoms with Gasteiger partial charge < -0.3 is 9.47 Å². The maximum atomic E-state index is 12.1. The van der Waals surface area contributed by atoms with E-state index >= 15 is 0 Å². The second-order valence-corrected chi connectivity index (χ2v) is 7.04. The number of hydrogen-bond acceptors (Lipinski definition) is 4. The SMILES string of the molecule is CC(C(=O)OC(C)(C)C)N1CCC2(CCOCC2)C1. The van der Waals surface area contributed by atoms with Crippen molar-refractivity contribution in [3.8, 4) is 0 Å². The van der Waals surface area contributed by atoms with Crippen LogP contribution in [-0.4, -0.2) is 48.8 Å². The van der Waals surface area contributed by atoms with E-state index in [0.717, 1.165) is 39.1 Å². The lowest BCUT2D eigenvalue weighted by atomic mass is 9.80. The van der Waals surface area contributed by atoms with Gasteiger partial charge in [0.2, 0.25) is 0 Å². The summed E-state index contributed by atoms with van der Waals surface area (Å²) in [5.41, 5.74) is -0.0179. The molecule has 0 aromatic carbocycles. The Bertz CT molecular complexity index is 329. The van der Waals surface area contributed by atoms with E-state index in [1.807, 2.05) is 27.7 Å². The molecule has 4 nitrogen and oxygen atoms in total. The number of nitrogens with zero attached hydrogens (tertiary/aromatic N) is 1. The van der Waals surface area contributed by atoms with Gasteiger partial charge in [0.1, 0.15) is 11.6 Å². The van der Waals surface area contributed by atoms with Crippen molar-refractivity contribution in [2.45, 2.75) is 58.6 Å². The van der Waals surface area contributed by atoms with Crippen LogP contribution >= 0.6 is 0 Å². The van der Waals surface area contributed by atoms with Crippen molar-refractivity contribution in [1.82, 2.24) is 4.90 Å². The third-order valence-electron chi connectivity index (χ3n) is 4.32. The molecule has 1 atom stereocenters. The van der Waals surface area contributed by atoms with Gasteiger partial charge in [0.15, 0.2) is 0 Å². The molecule has 2 fully saturated rings. The standard InChI is InChI=1S/C15H27NO3/c1-12(13(17)19-14(2,3)4)16-8-5-15(11-16)6-9-18-10-7-15/h12H,5-11H2,1-4H3. The molecule has 2 saturated heterocycles. The summed E-state index contributed by atoms with van der Waals surface area (Å²) in [5, 5.41) is 0. The quantitative estimate of drug-likeness (QED) is 0.721. The van der Waals surface area contributed by atoms with Crippen LogP contribution in [-0.2, 0) is 14.3 Å². The van der Waals surface area contributed by atoms with Crippen LogP contribution in [0.1, 0.15) is 47.0 Å². The van der Waals surface area contributed by atoms with Crippen LogP contribution in [0.25, 0.3) is 0 Å². The zero-order chi connectivity index (χ0) is 14.1. The fraction of sp³-hybridized carbons (Fsp3) is 0.933. The van der Waals surface area contributed by atoms with Gasteiger partial charge in [-0.15, -0.1) is 0 Å². The van der Waals surface area contributed by atoms with E-state index < -0.39 is 5.60 Å². The predicted octanol–water partition coefficient (Wildman–Crippen LogP) is 2.22. The Balaban J connectivity index is 1.91. The summed E-state index contributed by atoms with van der Waals surface area (Å²) in [4.78, 5) is 14.4. The van der Waals surface area contributed by atoms with Crippen LogP contribution in [0.5, 0.6) is 0 Å². The van der Waals surface area contributed by atoms with E-state index in [9.17, 15) is 4.79 Å². The summed E-state index contributed by atoms with van der Waals surface area (Å²) in [6.07, 6.45) is 3.44. The largest absolute Gasteiger partial charge is 0.459 e. The second kappa shape index (κ2) is 5.41. The van der Waals surface area contributed by atoms with Gasteiger partial charge >= 0.3 is 5.97 Å². The number of likely N-dealkylation sites (tertiary alicyclic amines) is 1. The van der Waals surface area contributed by atoms with Crippen LogP contribution in [0.15, 0.2) is 0 Å². The highest BCUT2D eigenvalue weighted by molar-refractivity contribution is 5.75. The minimum Gasteiger partial charge on any atom is -0.459 e. The molecular formula is C15H27NO3. The lowest BCUT2D eigenvalue weighted by molar-refractivity contribution is -0.160. The molecule has 0 saturated carbocycles. The fourth-order valence-electron chi connectivity index (χ4n) is 3.05. The maximum Gasteiger partial charge on any atom is 0.323 e. The van der Waals surface area contributed by atoms with Gasteiger partial charge in [0.05, 0.1) is 0 Å². The summed E-state index contributed by atoms with van der Waals surface area (Å²) >= 11 is 0. The van der Waals surface area contributed by atoms with Crippen LogP contribution in [0, 0.1) is 5.41 Å². The highest BCUT2D eigenvalue weighted by atomic mass is 16.6. The first-order valence-corrected chi connectivity index (χ1v) is 7.36. The van der Waals surface area contributed by atoms with Crippen LogP contribution in [0.2, 0.25) is 0 Å². The molecule has 0 aromatic rings. The van der Waals surface area contributed by atoms with Gasteiger partial charge in [-0.05, 0) is 58.9 Å². The van der Waals surface area contributed by atoms with Crippen molar-refractivity contribution in [3.63, 3.8) is 0 Å². The molecule has 0 N–H and O–H groups in total. The highest BCUT2D eigenvalue weighted by Gasteiger charge is 2.42. The van der Waals surface area contributed by atoms with Gasteiger partial charge in [-0.25, -0.2) is 0 Å². The van der Waals surface area contributed by atoms with Crippen molar-refractivity contribution in [3.05, 3.63) is 0 Å². The van der Waals surface area contributed by atoms with Gasteiger partial charge in [-0.3, -0.25) is 9.69 Å². The predicted molar refractivity (Wildman–Crippen MR) is 74.0 cm³/mol. The molecule has 0 radical (unpaired) electrons. The molecule has 19 heavy (non-hydrogen) atoms. The van der Waals surface area contributed by atoms with E-state index in [1.54, 1.807) is 0 Å². The Morgan fingerprint density at radius 2 is 1.89 bits per heavy atom. The molecule has 1 spiro atoms. The highest BCUT2D eigenvalue weighted by Crippen LogP contribution is 2.40. The summed E-state index contributed by atoms with van der Waals surface area (Å²) < 4.78 is 10.9. The van der Waals surface area contributed by atoms with Crippen molar-refractivity contribution >= 4 is 5.97 Å². The number of ether oxygens (including phenoxy) is 2. The Labute approximate surface area is 116 Å². The van der Waals surface area contributed by atoms with E-state index in [0.29, 0.717) is 5.41 Å². The molecule has 2 heterocycles. The van der Waals surface area contributed by atoms with Crippen molar-refractivity contribution < 1.29 is 14.3 Å². The van der Waals surface area contributed by atoms with E-state index in [4.69, 9.17) is 9.47 Å². The van der Waals surface area contributed by atoms with Crippen LogP contribution in [0.4, 0.5) is 0 Å². The van der Waals surface area contributed by atoms with E-state index in [1.165, 1.54) is 6.42 Å². The second-order valence-electron chi connectivity index (χ2n) is 7.04. The topological polar surface area (TPSA) is 38.8 Å². The third-order valence-corrected chi connectivity index (χ3v) is 4.32. The van der Waals surface area contributed by atoms with Crippen molar-refractivity contribution in [2.24, 2.45) is 5.41 Å². The van der Waals surface area contributed by atoms with Gasteiger partial charge in [0.25, 0.3) is 0 Å². The molecule has 2 aliphatic heterocycles. The monoisotopic (exact) mass is 269 g/mol. The number of carbonyl (C=O) groups excluding carboxylic acids is 1. The minimum atomic E-state index is -0.401. The van der Waals surface area contributed by atoms with Crippen LogP contribution in [0.3, 0.4) is 0 Å². The maximum absolute atomic E-state index is 12.1. The Hall–Kier alpha value is -0.610. The van der Waals surface area contributed by atoms with Gasteiger partial charge in [-0.1, -0.05) is 0 Å². The number of esters is 1. The molecule has 0 bridgehead atoms. The Kier molecular flexibility index (Phi) is 4.21. The first-order valence-electron chi connectivity index (χ1n) is 7.36. The Morgan fingerprint density at radius 3 is 2.47 bits per heavy atom. The average Bonchev–Trinajstić information content (AvgIpc) is 2.71. The molecular weight excluding hydrogens is 242 g/mol. The molecule has 2 aliphatic rings. The molecule has 1 unspecified atom stereocenters. The van der Waals surface area contributed by atoms with Crippen molar-refractivity contribution in [1.29, 1.82) is 0 Å². The lowest BCUT2D eigenvalue weighted by Gasteiger charge is -2.34. The molecule has 110 valence electrons. The third kappa shape index (κ3) is 3.69. The lowest BCUT2D eigenvalue weighted by Crippen LogP contribution is -2.43. The fourth-order valence-corrected chi connectivity index (χ4v) is 3.05. The van der Waals surface area contributed by atoms with Crippen LogP contribution < -0.4 is 0 Å².